The smallest absolute Gasteiger partial charge is 0.200 e. The summed E-state index contributed by atoms with van der Waals surface area (Å²) in [6, 6.07) is 18.8. The van der Waals surface area contributed by atoms with Gasteiger partial charge in [0.25, 0.3) is 0 Å². The van der Waals surface area contributed by atoms with E-state index in [0.29, 0.717) is 58.6 Å². The fourth-order valence-corrected chi connectivity index (χ4v) is 5.10. The standard InChI is InChI=1S/C31H24Cl2O6/c1-37-27-8-4-6-19(31(27)38-2)5-3-7-24(34)17-9-11-18(12-10-17)30-20-13-22(32)25(35)15-28(20)39-29-16-26(36)23(33)14-21(29)30/h4,6,8-16,35H,3,5,7H2,1-2H3. The van der Waals surface area contributed by atoms with Crippen LogP contribution in [-0.2, 0) is 6.42 Å². The Morgan fingerprint density at radius 2 is 1.72 bits per heavy atom. The highest BCUT2D eigenvalue weighted by Crippen LogP contribution is 2.43. The third-order valence-corrected chi connectivity index (χ3v) is 7.27. The van der Waals surface area contributed by atoms with E-state index < -0.39 is 0 Å². The first kappa shape index (κ1) is 26.6. The third-order valence-electron chi connectivity index (χ3n) is 6.67. The number of aryl methyl sites for hydroxylation is 1. The van der Waals surface area contributed by atoms with Crippen molar-refractivity contribution in [3.63, 3.8) is 0 Å². The van der Waals surface area contributed by atoms with Crippen LogP contribution in [0.2, 0.25) is 10.0 Å². The molecule has 2 aliphatic rings. The minimum atomic E-state index is -0.371. The van der Waals surface area contributed by atoms with Crippen LogP contribution in [0.3, 0.4) is 0 Å². The normalized spacial score (nSPS) is 11.2. The largest absolute Gasteiger partial charge is 0.506 e. The lowest BCUT2D eigenvalue weighted by Crippen LogP contribution is -2.03. The zero-order valence-electron chi connectivity index (χ0n) is 21.2. The van der Waals surface area contributed by atoms with Crippen LogP contribution < -0.4 is 14.9 Å². The molecule has 0 radical (unpaired) electrons. The Labute approximate surface area is 234 Å². The van der Waals surface area contributed by atoms with Crippen molar-refractivity contribution in [1.29, 1.82) is 0 Å². The number of phenols is 1. The molecule has 0 unspecified atom stereocenters. The van der Waals surface area contributed by atoms with Gasteiger partial charge in [0.15, 0.2) is 17.3 Å². The first-order valence-corrected chi connectivity index (χ1v) is 13.0. The van der Waals surface area contributed by atoms with E-state index in [1.807, 2.05) is 30.3 Å². The summed E-state index contributed by atoms with van der Waals surface area (Å²) in [6.07, 6.45) is 1.69. The van der Waals surface area contributed by atoms with E-state index >= 15 is 0 Å². The molecule has 198 valence electrons. The van der Waals surface area contributed by atoms with E-state index in [2.05, 4.69) is 0 Å². The molecule has 39 heavy (non-hydrogen) atoms. The molecule has 3 aromatic rings. The zero-order chi connectivity index (χ0) is 27.7. The Balaban J connectivity index is 1.44. The molecule has 0 bridgehead atoms. The van der Waals surface area contributed by atoms with Gasteiger partial charge in [0, 0.05) is 40.6 Å². The van der Waals surface area contributed by atoms with Gasteiger partial charge in [-0.3, -0.25) is 9.59 Å². The molecule has 0 fully saturated rings. The Hall–Kier alpha value is -4.00. The van der Waals surface area contributed by atoms with Crippen molar-refractivity contribution in [1.82, 2.24) is 0 Å². The number of ether oxygens (including phenoxy) is 2. The van der Waals surface area contributed by atoms with Gasteiger partial charge in [-0.2, -0.15) is 0 Å². The minimum absolute atomic E-state index is 0.0215. The Kier molecular flexibility index (Phi) is 7.51. The first-order valence-electron chi connectivity index (χ1n) is 12.2. The van der Waals surface area contributed by atoms with Gasteiger partial charge < -0.3 is 19.0 Å². The molecule has 0 spiro atoms. The average molecular weight is 563 g/mol. The predicted molar refractivity (Wildman–Crippen MR) is 153 cm³/mol. The highest BCUT2D eigenvalue weighted by molar-refractivity contribution is 6.33. The van der Waals surface area contributed by atoms with Gasteiger partial charge in [-0.05, 0) is 42.2 Å². The van der Waals surface area contributed by atoms with Crippen molar-refractivity contribution in [2.24, 2.45) is 0 Å². The number of fused-ring (bicyclic) bond motifs is 2. The molecule has 0 saturated carbocycles. The third kappa shape index (κ3) is 5.18. The number of hydrogen-bond donors (Lipinski definition) is 1. The number of carbonyl (C=O) groups is 1. The Morgan fingerprint density at radius 1 is 0.949 bits per heavy atom. The topological polar surface area (TPSA) is 86.0 Å². The van der Waals surface area contributed by atoms with E-state index in [1.54, 1.807) is 38.5 Å². The lowest BCUT2D eigenvalue weighted by atomic mass is 9.92. The maximum Gasteiger partial charge on any atom is 0.200 e. The van der Waals surface area contributed by atoms with Crippen molar-refractivity contribution < 1.29 is 23.8 Å². The number of Topliss-reactive ketones (excluding diaryl/α,β-unsaturated/α-hetero) is 1. The monoisotopic (exact) mass is 562 g/mol. The molecule has 1 heterocycles. The fourth-order valence-electron chi connectivity index (χ4n) is 4.77. The number of benzene rings is 4. The van der Waals surface area contributed by atoms with Gasteiger partial charge >= 0.3 is 0 Å². The summed E-state index contributed by atoms with van der Waals surface area (Å²) >= 11 is 12.4. The van der Waals surface area contributed by atoms with Crippen LogP contribution >= 0.6 is 23.2 Å². The van der Waals surface area contributed by atoms with Gasteiger partial charge in [-0.25, -0.2) is 0 Å². The highest BCUT2D eigenvalue weighted by atomic mass is 35.5. The maximum atomic E-state index is 13.0. The maximum absolute atomic E-state index is 13.0. The van der Waals surface area contributed by atoms with E-state index in [-0.39, 0.29) is 27.0 Å². The van der Waals surface area contributed by atoms with Crippen molar-refractivity contribution in [2.75, 3.05) is 14.2 Å². The number of halogens is 2. The van der Waals surface area contributed by atoms with Crippen LogP contribution in [0.4, 0.5) is 0 Å². The second kappa shape index (κ2) is 11.0. The summed E-state index contributed by atoms with van der Waals surface area (Å²) in [4.78, 5) is 25.2. The summed E-state index contributed by atoms with van der Waals surface area (Å²) in [5.74, 6) is 1.55. The molecule has 1 aliphatic carbocycles. The molecule has 1 aliphatic heterocycles. The number of rotatable bonds is 8. The highest BCUT2D eigenvalue weighted by Gasteiger charge is 2.21. The van der Waals surface area contributed by atoms with E-state index in [0.717, 1.165) is 16.7 Å². The molecule has 3 aromatic carbocycles. The number of phenolic OH excluding ortho intramolecular Hbond substituents is 1. The summed E-state index contributed by atoms with van der Waals surface area (Å²) in [7, 11) is 3.20. The quantitative estimate of drug-likeness (QED) is 0.153. The lowest BCUT2D eigenvalue weighted by Gasteiger charge is -2.16. The SMILES string of the molecule is COc1cccc(CCCC(=O)c2ccc(-c3c4cc(Cl)c(=O)cc-4oc4cc(O)c(Cl)cc34)cc2)c1OC. The molecule has 0 saturated heterocycles. The van der Waals surface area contributed by atoms with Gasteiger partial charge in [0.2, 0.25) is 5.43 Å². The van der Waals surface area contributed by atoms with Crippen LogP contribution in [0.25, 0.3) is 33.4 Å². The summed E-state index contributed by atoms with van der Waals surface area (Å²) < 4.78 is 16.8. The van der Waals surface area contributed by atoms with E-state index in [9.17, 15) is 14.7 Å². The molecule has 0 amide bonds. The number of aromatic hydroxyl groups is 1. The molecule has 0 aromatic heterocycles. The van der Waals surface area contributed by atoms with Gasteiger partial charge in [0.1, 0.15) is 17.1 Å². The lowest BCUT2D eigenvalue weighted by molar-refractivity contribution is 0.0980. The Bertz CT molecular complexity index is 1720. The number of hydrogen-bond acceptors (Lipinski definition) is 6. The average Bonchev–Trinajstić information content (AvgIpc) is 2.93. The number of ketones is 1. The second-order valence-corrected chi connectivity index (χ2v) is 9.88. The predicted octanol–water partition coefficient (Wildman–Crippen LogP) is 7.80. The summed E-state index contributed by atoms with van der Waals surface area (Å²) in [5.41, 5.74) is 3.66. The minimum Gasteiger partial charge on any atom is -0.506 e. The fraction of sp³-hybridized carbons (Fsp3) is 0.161. The van der Waals surface area contributed by atoms with Gasteiger partial charge in [-0.15, -0.1) is 0 Å². The van der Waals surface area contributed by atoms with Crippen LogP contribution in [0.15, 0.2) is 75.9 Å². The van der Waals surface area contributed by atoms with Crippen molar-refractivity contribution >= 4 is 40.0 Å². The van der Waals surface area contributed by atoms with Crippen molar-refractivity contribution in [3.05, 3.63) is 98.1 Å². The molecule has 5 rings (SSSR count). The van der Waals surface area contributed by atoms with Gasteiger partial charge in [0.05, 0.1) is 24.3 Å². The van der Waals surface area contributed by atoms with Crippen molar-refractivity contribution in [3.8, 4) is 39.7 Å². The molecular formula is C31H24Cl2O6. The van der Waals surface area contributed by atoms with Gasteiger partial charge in [-0.1, -0.05) is 59.6 Å². The van der Waals surface area contributed by atoms with Crippen LogP contribution in [0, 0.1) is 0 Å². The second-order valence-electron chi connectivity index (χ2n) is 9.06. The molecule has 0 atom stereocenters. The first-order chi connectivity index (χ1) is 18.8. The number of carbonyl (C=O) groups excluding carboxylic acids is 1. The molecule has 8 heteroatoms. The van der Waals surface area contributed by atoms with Crippen LogP contribution in [0.5, 0.6) is 17.2 Å². The summed E-state index contributed by atoms with van der Waals surface area (Å²) in [6.45, 7) is 0. The summed E-state index contributed by atoms with van der Waals surface area (Å²) in [5, 5.41) is 11.0. The molecule has 1 N–H and O–H groups in total. The number of methoxy groups -OCH3 is 2. The van der Waals surface area contributed by atoms with Crippen molar-refractivity contribution in [2.45, 2.75) is 19.3 Å². The Morgan fingerprint density at radius 3 is 2.44 bits per heavy atom. The molecule has 6 nitrogen and oxygen atoms in total. The zero-order valence-corrected chi connectivity index (χ0v) is 22.7. The van der Waals surface area contributed by atoms with E-state index in [1.165, 1.54) is 12.1 Å². The number of para-hydroxylation sites is 1. The molecular weight excluding hydrogens is 539 g/mol. The van der Waals surface area contributed by atoms with Crippen LogP contribution in [0.1, 0.15) is 28.8 Å². The van der Waals surface area contributed by atoms with Crippen LogP contribution in [-0.4, -0.2) is 25.1 Å². The van der Waals surface area contributed by atoms with E-state index in [4.69, 9.17) is 37.1 Å².